The average Bonchev–Trinajstić information content (AvgIpc) is 2.28. The lowest BCUT2D eigenvalue weighted by Crippen LogP contribution is -2.20. The normalized spacial score (nSPS) is 11.4. The Hall–Kier alpha value is -1.47. The summed E-state index contributed by atoms with van der Waals surface area (Å²) in [5.74, 6) is -0.566. The minimum absolute atomic E-state index is 0.289. The van der Waals surface area contributed by atoms with Gasteiger partial charge in [0.2, 0.25) is 5.91 Å². The van der Waals surface area contributed by atoms with Crippen LogP contribution < -0.4 is 11.1 Å². The zero-order valence-corrected chi connectivity index (χ0v) is 10.5. The summed E-state index contributed by atoms with van der Waals surface area (Å²) in [4.78, 5) is 11.3. The highest BCUT2D eigenvalue weighted by atomic mass is 35.5. The van der Waals surface area contributed by atoms with Gasteiger partial charge in [-0.1, -0.05) is 11.6 Å². The SMILES string of the molecule is Nc1cc(NC(=O)COCCC(F)(F)F)ccc1Cl. The van der Waals surface area contributed by atoms with E-state index in [2.05, 4.69) is 10.1 Å². The average molecular weight is 297 g/mol. The molecular weight excluding hydrogens is 285 g/mol. The summed E-state index contributed by atoms with van der Waals surface area (Å²) in [6.45, 7) is -1.02. The van der Waals surface area contributed by atoms with Crippen LogP contribution in [-0.4, -0.2) is 25.3 Å². The van der Waals surface area contributed by atoms with Gasteiger partial charge in [-0.05, 0) is 18.2 Å². The first-order chi connectivity index (χ1) is 8.78. The maximum Gasteiger partial charge on any atom is 0.391 e. The van der Waals surface area contributed by atoms with Crippen molar-refractivity contribution in [2.45, 2.75) is 12.6 Å². The molecule has 3 N–H and O–H groups in total. The van der Waals surface area contributed by atoms with Gasteiger partial charge in [-0.3, -0.25) is 4.79 Å². The molecule has 0 fully saturated rings. The molecule has 1 amide bonds. The van der Waals surface area contributed by atoms with Crippen molar-refractivity contribution in [1.82, 2.24) is 0 Å². The first-order valence-corrected chi connectivity index (χ1v) is 5.65. The van der Waals surface area contributed by atoms with Crippen molar-refractivity contribution in [2.75, 3.05) is 24.3 Å². The molecule has 1 aromatic rings. The first kappa shape index (κ1) is 15.6. The van der Waals surface area contributed by atoms with E-state index >= 15 is 0 Å². The topological polar surface area (TPSA) is 64.3 Å². The molecule has 0 spiro atoms. The summed E-state index contributed by atoms with van der Waals surface area (Å²) in [5.41, 5.74) is 6.21. The Kier molecular flexibility index (Phi) is 5.44. The number of hydrogen-bond donors (Lipinski definition) is 2. The van der Waals surface area contributed by atoms with E-state index in [1.807, 2.05) is 0 Å². The van der Waals surface area contributed by atoms with Crippen LogP contribution in [0.25, 0.3) is 0 Å². The maximum absolute atomic E-state index is 11.8. The summed E-state index contributed by atoms with van der Waals surface area (Å²) in [7, 11) is 0. The fourth-order valence-electron chi connectivity index (χ4n) is 1.17. The molecule has 19 heavy (non-hydrogen) atoms. The van der Waals surface area contributed by atoms with Gasteiger partial charge in [0.05, 0.1) is 23.7 Å². The molecule has 106 valence electrons. The van der Waals surface area contributed by atoms with E-state index in [-0.39, 0.29) is 5.69 Å². The van der Waals surface area contributed by atoms with E-state index in [4.69, 9.17) is 17.3 Å². The van der Waals surface area contributed by atoms with Crippen LogP contribution >= 0.6 is 11.6 Å². The van der Waals surface area contributed by atoms with E-state index in [1.165, 1.54) is 18.2 Å². The van der Waals surface area contributed by atoms with Crippen molar-refractivity contribution in [3.8, 4) is 0 Å². The number of anilines is 2. The number of benzene rings is 1. The molecule has 0 radical (unpaired) electrons. The number of halogens is 4. The van der Waals surface area contributed by atoms with E-state index in [9.17, 15) is 18.0 Å². The van der Waals surface area contributed by atoms with Gasteiger partial charge >= 0.3 is 6.18 Å². The number of ether oxygens (including phenoxy) is 1. The highest BCUT2D eigenvalue weighted by molar-refractivity contribution is 6.33. The second kappa shape index (κ2) is 6.63. The quantitative estimate of drug-likeness (QED) is 0.649. The van der Waals surface area contributed by atoms with Crippen LogP contribution in [0.1, 0.15) is 6.42 Å². The minimum atomic E-state index is -4.29. The molecule has 0 unspecified atom stereocenters. The Morgan fingerprint density at radius 2 is 2.11 bits per heavy atom. The number of alkyl halides is 3. The van der Waals surface area contributed by atoms with Crippen LogP contribution in [0.15, 0.2) is 18.2 Å². The molecule has 1 aromatic carbocycles. The van der Waals surface area contributed by atoms with Crippen molar-refractivity contribution < 1.29 is 22.7 Å². The molecule has 0 saturated heterocycles. The van der Waals surface area contributed by atoms with Crippen LogP contribution in [0, 0.1) is 0 Å². The number of nitrogens with two attached hydrogens (primary N) is 1. The highest BCUT2D eigenvalue weighted by Crippen LogP contribution is 2.22. The van der Waals surface area contributed by atoms with Gasteiger partial charge in [0.1, 0.15) is 6.61 Å². The van der Waals surface area contributed by atoms with Gasteiger partial charge in [0.25, 0.3) is 0 Å². The molecule has 1 rings (SSSR count). The minimum Gasteiger partial charge on any atom is -0.397 e. The van der Waals surface area contributed by atoms with Crippen molar-refractivity contribution in [1.29, 1.82) is 0 Å². The zero-order chi connectivity index (χ0) is 14.5. The fourth-order valence-corrected chi connectivity index (χ4v) is 1.29. The number of carbonyl (C=O) groups is 1. The largest absolute Gasteiger partial charge is 0.397 e. The van der Waals surface area contributed by atoms with Crippen molar-refractivity contribution in [3.63, 3.8) is 0 Å². The molecule has 0 aliphatic carbocycles. The number of rotatable bonds is 5. The van der Waals surface area contributed by atoms with Crippen LogP contribution in [0.5, 0.6) is 0 Å². The lowest BCUT2D eigenvalue weighted by atomic mass is 10.3. The maximum atomic E-state index is 11.8. The summed E-state index contributed by atoms with van der Waals surface area (Å²) in [5, 5.41) is 2.77. The van der Waals surface area contributed by atoms with Crippen LogP contribution in [-0.2, 0) is 9.53 Å². The zero-order valence-electron chi connectivity index (χ0n) is 9.76. The summed E-state index contributed by atoms with van der Waals surface area (Å²) >= 11 is 5.69. The second-order valence-corrected chi connectivity index (χ2v) is 4.11. The van der Waals surface area contributed by atoms with E-state index in [0.717, 1.165) is 0 Å². The molecule has 0 aromatic heterocycles. The van der Waals surface area contributed by atoms with Gasteiger partial charge in [0, 0.05) is 5.69 Å². The first-order valence-electron chi connectivity index (χ1n) is 5.27. The molecule has 0 aliphatic heterocycles. The van der Waals surface area contributed by atoms with Gasteiger partial charge in [-0.25, -0.2) is 0 Å². The van der Waals surface area contributed by atoms with Crippen LogP contribution in [0.4, 0.5) is 24.5 Å². The number of nitrogens with one attached hydrogen (secondary N) is 1. The smallest absolute Gasteiger partial charge is 0.391 e. The molecule has 4 nitrogen and oxygen atoms in total. The number of carbonyl (C=O) groups excluding carboxylic acids is 1. The van der Waals surface area contributed by atoms with Crippen molar-refractivity contribution in [3.05, 3.63) is 23.2 Å². The third-order valence-corrected chi connectivity index (χ3v) is 2.39. The van der Waals surface area contributed by atoms with Crippen LogP contribution in [0.2, 0.25) is 5.02 Å². The molecule has 0 saturated carbocycles. The summed E-state index contributed by atoms with van der Waals surface area (Å²) < 4.78 is 40.0. The predicted octanol–water partition coefficient (Wildman–Crippen LogP) is 2.83. The Balaban J connectivity index is 2.33. The standard InChI is InChI=1S/C11H12ClF3N2O2/c12-8-2-1-7(5-9(8)16)17-10(18)6-19-4-3-11(13,14)15/h1-2,5H,3-4,6,16H2,(H,17,18). The highest BCUT2D eigenvalue weighted by Gasteiger charge is 2.26. The van der Waals surface area contributed by atoms with Gasteiger partial charge in [-0.15, -0.1) is 0 Å². The Morgan fingerprint density at radius 3 is 2.68 bits per heavy atom. The summed E-state index contributed by atoms with van der Waals surface area (Å²) in [6.07, 6.45) is -5.38. The summed E-state index contributed by atoms with van der Waals surface area (Å²) in [6, 6.07) is 4.46. The molecule has 0 bridgehead atoms. The Labute approximate surface area is 112 Å². The Bertz CT molecular complexity index is 452. The number of hydrogen-bond acceptors (Lipinski definition) is 3. The second-order valence-electron chi connectivity index (χ2n) is 3.70. The predicted molar refractivity (Wildman–Crippen MR) is 66.0 cm³/mol. The molecule has 0 aliphatic rings. The number of nitrogen functional groups attached to an aromatic ring is 1. The van der Waals surface area contributed by atoms with Crippen molar-refractivity contribution >= 4 is 28.9 Å². The molecular formula is C11H12ClF3N2O2. The lowest BCUT2D eigenvalue weighted by molar-refractivity contribution is -0.147. The van der Waals surface area contributed by atoms with Gasteiger partial charge in [-0.2, -0.15) is 13.2 Å². The molecule has 8 heteroatoms. The molecule has 0 atom stereocenters. The van der Waals surface area contributed by atoms with E-state index < -0.39 is 31.7 Å². The van der Waals surface area contributed by atoms with Crippen molar-refractivity contribution in [2.24, 2.45) is 0 Å². The fraction of sp³-hybridized carbons (Fsp3) is 0.364. The third-order valence-electron chi connectivity index (χ3n) is 2.04. The Morgan fingerprint density at radius 1 is 1.42 bits per heavy atom. The lowest BCUT2D eigenvalue weighted by Gasteiger charge is -2.08. The third kappa shape index (κ3) is 6.30. The number of amides is 1. The van der Waals surface area contributed by atoms with Gasteiger partial charge < -0.3 is 15.8 Å². The van der Waals surface area contributed by atoms with E-state index in [0.29, 0.717) is 10.7 Å². The van der Waals surface area contributed by atoms with E-state index in [1.54, 1.807) is 0 Å². The van der Waals surface area contributed by atoms with Crippen LogP contribution in [0.3, 0.4) is 0 Å². The monoisotopic (exact) mass is 296 g/mol. The molecule has 0 heterocycles. The van der Waals surface area contributed by atoms with Gasteiger partial charge in [0.15, 0.2) is 0 Å².